The Morgan fingerprint density at radius 1 is 1.20 bits per heavy atom. The summed E-state index contributed by atoms with van der Waals surface area (Å²) in [7, 11) is 0. The monoisotopic (exact) mass is 656 g/mol. The number of nitrogens with one attached hydrogen (secondary N) is 1. The Balaban J connectivity index is 0.000000195. The molecule has 0 atom stereocenters. The van der Waals surface area contributed by atoms with Gasteiger partial charge in [0.2, 0.25) is 0 Å². The number of aromatic amines is 1. The fraction of sp³-hybridized carbons (Fsp3) is 0.125. The van der Waals surface area contributed by atoms with Crippen molar-refractivity contribution in [3.8, 4) is 0 Å². The molecule has 1 heterocycles. The summed E-state index contributed by atoms with van der Waals surface area (Å²) in [5.74, 6) is 0. The molecule has 1 aromatic carbocycles. The Bertz CT molecular complexity index is 431. The molecular weight excluding hydrogens is 651 g/mol. The third-order valence-corrected chi connectivity index (χ3v) is 1.58. The predicted octanol–water partition coefficient (Wildman–Crippen LogP) is 4.87. The molecule has 1 N–H and O–H groups in total. The van der Waals surface area contributed by atoms with Crippen LogP contribution in [0.15, 0.2) is 24.5 Å². The van der Waals surface area contributed by atoms with Crippen LogP contribution in [0.5, 0.6) is 0 Å². The number of imidazole rings is 1. The van der Waals surface area contributed by atoms with E-state index in [2.05, 4.69) is 77.0 Å². The van der Waals surface area contributed by atoms with Crippen LogP contribution in [-0.4, -0.2) is 21.5 Å². The summed E-state index contributed by atoms with van der Waals surface area (Å²) in [6.45, 7) is 2.06. The minimum absolute atomic E-state index is 1.04. The molecule has 15 heavy (non-hydrogen) atoms. The van der Waals surface area contributed by atoms with E-state index in [-0.39, 0.29) is 0 Å². The van der Waals surface area contributed by atoms with Crippen LogP contribution in [0, 0.1) is 6.92 Å². The number of fused-ring (bicyclic) bond motifs is 1. The second kappa shape index (κ2) is 6.46. The van der Waals surface area contributed by atoms with Crippen LogP contribution in [-0.2, 0) is 0 Å². The molecule has 82 valence electrons. The SMILES string of the molecule is Cc1ccc2[nH]cnc2c1.[Br][Pb]([Br])([Br])[Br]. The molecule has 0 spiro atoms. The van der Waals surface area contributed by atoms with Gasteiger partial charge in [-0.2, -0.15) is 0 Å². The van der Waals surface area contributed by atoms with Gasteiger partial charge in [-0.05, 0) is 24.6 Å². The van der Waals surface area contributed by atoms with Crippen molar-refractivity contribution in [3.05, 3.63) is 30.1 Å². The average Bonchev–Trinajstić information content (AvgIpc) is 2.47. The van der Waals surface area contributed by atoms with E-state index in [9.17, 15) is 0 Å². The standard InChI is InChI=1S/C8H8N2.4BrH.Pb/c1-6-2-3-7-8(4-6)10-5-9-7;;;;;/h2-5H,1H3,(H,9,10);4*1H;/q;;;;;+4/p-4. The number of aryl methyl sites for hydroxylation is 1. The van der Waals surface area contributed by atoms with Gasteiger partial charge in [-0.25, -0.2) is 4.98 Å². The normalized spacial score (nSPS) is 11.0. The van der Waals surface area contributed by atoms with E-state index in [1.165, 1.54) is 5.56 Å². The molecule has 0 amide bonds. The molecule has 2 aromatic rings. The van der Waals surface area contributed by atoms with Gasteiger partial charge in [-0.15, -0.1) is 0 Å². The second-order valence-corrected chi connectivity index (χ2v) is 104. The first-order valence-corrected chi connectivity index (χ1v) is 37.7. The first kappa shape index (κ1) is 14.6. The molecule has 0 fully saturated rings. The fourth-order valence-corrected chi connectivity index (χ4v) is 1.04. The molecule has 0 bridgehead atoms. The van der Waals surface area contributed by atoms with E-state index in [1.807, 2.05) is 6.07 Å². The Kier molecular flexibility index (Phi) is 6.29. The quantitative estimate of drug-likeness (QED) is 0.403. The molecule has 0 aliphatic heterocycles. The van der Waals surface area contributed by atoms with Crippen molar-refractivity contribution in [3.63, 3.8) is 0 Å². The van der Waals surface area contributed by atoms with Crippen molar-refractivity contribution in [2.24, 2.45) is 0 Å². The number of halogens is 4. The van der Waals surface area contributed by atoms with E-state index in [1.54, 1.807) is 6.33 Å². The van der Waals surface area contributed by atoms with Gasteiger partial charge < -0.3 is 4.98 Å². The third kappa shape index (κ3) is 6.75. The Morgan fingerprint density at radius 3 is 2.40 bits per heavy atom. The maximum atomic E-state index is 4.12. The molecular formula is C8H8Br4N2Pb. The predicted molar refractivity (Wildman–Crippen MR) is 82.3 cm³/mol. The number of hydrogen-bond acceptors (Lipinski definition) is 1. The van der Waals surface area contributed by atoms with E-state index in [4.69, 9.17) is 0 Å². The third-order valence-electron chi connectivity index (χ3n) is 1.58. The number of nitrogens with zero attached hydrogens (tertiary/aromatic N) is 1. The van der Waals surface area contributed by atoms with Crippen molar-refractivity contribution in [1.82, 2.24) is 9.97 Å². The van der Waals surface area contributed by atoms with Crippen molar-refractivity contribution < 1.29 is 0 Å². The summed E-state index contributed by atoms with van der Waals surface area (Å²) < 4.78 is 0. The zero-order valence-electron chi connectivity index (χ0n) is 7.77. The van der Waals surface area contributed by atoms with Crippen molar-refractivity contribution in [1.29, 1.82) is 0 Å². The summed E-state index contributed by atoms with van der Waals surface area (Å²) in [6, 6.07) is 6.17. The van der Waals surface area contributed by atoms with Gasteiger partial charge in [0.1, 0.15) is 0 Å². The second-order valence-electron chi connectivity index (χ2n) is 2.85. The molecule has 2 rings (SSSR count). The first-order valence-electron chi connectivity index (χ1n) is 4.01. The van der Waals surface area contributed by atoms with Crippen molar-refractivity contribution in [2.45, 2.75) is 6.92 Å². The molecule has 2 nitrogen and oxygen atoms in total. The van der Waals surface area contributed by atoms with Crippen LogP contribution < -0.4 is 0 Å². The Labute approximate surface area is 115 Å². The van der Waals surface area contributed by atoms with E-state index >= 15 is 0 Å². The van der Waals surface area contributed by atoms with Gasteiger partial charge in [0, 0.05) is 0 Å². The number of rotatable bonds is 0. The zero-order chi connectivity index (χ0) is 11.5. The van der Waals surface area contributed by atoms with Gasteiger partial charge in [0.15, 0.2) is 0 Å². The molecule has 0 saturated carbocycles. The molecule has 1 aromatic heterocycles. The van der Waals surface area contributed by atoms with Crippen molar-refractivity contribution in [2.75, 3.05) is 0 Å². The topological polar surface area (TPSA) is 28.7 Å². The molecule has 0 aliphatic rings. The Hall–Kier alpha value is 1.53. The van der Waals surface area contributed by atoms with Crippen LogP contribution in [0.2, 0.25) is 0 Å². The van der Waals surface area contributed by atoms with Gasteiger partial charge in [-0.3, -0.25) is 0 Å². The van der Waals surface area contributed by atoms with E-state index < -0.39 is 11.5 Å². The number of benzene rings is 1. The first-order chi connectivity index (χ1) is 6.86. The van der Waals surface area contributed by atoms with Crippen LogP contribution in [0.1, 0.15) is 5.56 Å². The summed E-state index contributed by atoms with van der Waals surface area (Å²) >= 11 is 11.4. The molecule has 0 unspecified atom stereocenters. The molecule has 7 heteroatoms. The average molecular weight is 659 g/mol. The molecule has 0 radical (unpaired) electrons. The molecule has 0 aliphatic carbocycles. The minimum atomic E-state index is -2.03. The van der Waals surface area contributed by atoms with Gasteiger partial charge in [0.05, 0.1) is 17.4 Å². The van der Waals surface area contributed by atoms with Crippen LogP contribution >= 0.6 is 47.9 Å². The number of hydrogen-bond donors (Lipinski definition) is 1. The summed E-state index contributed by atoms with van der Waals surface area (Å²) in [6.07, 6.45) is 1.71. The van der Waals surface area contributed by atoms with E-state index in [0.29, 0.717) is 0 Å². The number of H-pyrrole nitrogens is 1. The zero-order valence-corrected chi connectivity index (χ0v) is 18.0. The summed E-state index contributed by atoms with van der Waals surface area (Å²) in [5.41, 5.74) is 3.39. The summed E-state index contributed by atoms with van der Waals surface area (Å²) in [5, 5.41) is 0. The fourth-order valence-electron chi connectivity index (χ4n) is 1.04. The van der Waals surface area contributed by atoms with E-state index in [0.717, 1.165) is 11.0 Å². The van der Waals surface area contributed by atoms with Crippen LogP contribution in [0.3, 0.4) is 0 Å². The maximum absolute atomic E-state index is 4.12. The van der Waals surface area contributed by atoms with Gasteiger partial charge >= 0.3 is 59.5 Å². The summed E-state index contributed by atoms with van der Waals surface area (Å²) in [4.78, 5) is 7.16. The van der Waals surface area contributed by atoms with Crippen molar-refractivity contribution >= 4 is 70.5 Å². The number of aromatic nitrogens is 2. The van der Waals surface area contributed by atoms with Crippen LogP contribution in [0.25, 0.3) is 11.0 Å². The van der Waals surface area contributed by atoms with Gasteiger partial charge in [0.25, 0.3) is 0 Å². The molecule has 0 saturated heterocycles. The Morgan fingerprint density at radius 2 is 1.80 bits per heavy atom. The van der Waals surface area contributed by atoms with Crippen LogP contribution in [0.4, 0.5) is 0 Å². The van der Waals surface area contributed by atoms with Gasteiger partial charge in [-0.1, -0.05) is 6.07 Å².